The highest BCUT2D eigenvalue weighted by Crippen LogP contribution is 2.31. The van der Waals surface area contributed by atoms with Gasteiger partial charge in [0.25, 0.3) is 0 Å². The number of nitrogen functional groups attached to an aromatic ring is 1. The van der Waals surface area contributed by atoms with Gasteiger partial charge in [-0.15, -0.1) is 0 Å². The van der Waals surface area contributed by atoms with E-state index in [-0.39, 0.29) is 0 Å². The molecule has 0 aliphatic heterocycles. The van der Waals surface area contributed by atoms with Gasteiger partial charge in [-0.1, -0.05) is 25.7 Å². The molecule has 0 aromatic carbocycles. The van der Waals surface area contributed by atoms with Crippen LogP contribution in [0, 0.1) is 6.92 Å². The Labute approximate surface area is 110 Å². The third kappa shape index (κ3) is 2.47. The predicted molar refractivity (Wildman–Crippen MR) is 76.9 cm³/mol. The first-order valence-corrected chi connectivity index (χ1v) is 7.20. The van der Waals surface area contributed by atoms with Crippen LogP contribution in [0.4, 0.5) is 11.5 Å². The Morgan fingerprint density at radius 1 is 1.28 bits per heavy atom. The lowest BCUT2D eigenvalue weighted by molar-refractivity contribution is 0.531. The summed E-state index contributed by atoms with van der Waals surface area (Å²) in [4.78, 5) is 2.37. The smallest absolute Gasteiger partial charge is 0.150 e. The van der Waals surface area contributed by atoms with E-state index in [0.717, 1.165) is 23.7 Å². The van der Waals surface area contributed by atoms with Crippen molar-refractivity contribution >= 4 is 11.5 Å². The van der Waals surface area contributed by atoms with Crippen LogP contribution in [0.25, 0.3) is 0 Å². The van der Waals surface area contributed by atoms with E-state index in [1.165, 1.54) is 38.5 Å². The molecule has 4 heteroatoms. The zero-order valence-electron chi connectivity index (χ0n) is 11.9. The molecule has 2 rings (SSSR count). The summed E-state index contributed by atoms with van der Waals surface area (Å²) in [5.74, 6) is 1.11. The first kappa shape index (κ1) is 13.2. The molecule has 1 heterocycles. The first-order chi connectivity index (χ1) is 8.65. The predicted octanol–water partition coefficient (Wildman–Crippen LogP) is 2.95. The molecule has 1 fully saturated rings. The molecule has 0 amide bonds. The molecule has 18 heavy (non-hydrogen) atoms. The van der Waals surface area contributed by atoms with Crippen molar-refractivity contribution in [1.29, 1.82) is 0 Å². The second kappa shape index (κ2) is 5.63. The zero-order valence-corrected chi connectivity index (χ0v) is 11.9. The number of hydrogen-bond acceptors (Lipinski definition) is 3. The van der Waals surface area contributed by atoms with Crippen molar-refractivity contribution in [2.45, 2.75) is 65.0 Å². The van der Waals surface area contributed by atoms with Gasteiger partial charge in [0.1, 0.15) is 0 Å². The second-order valence-electron chi connectivity index (χ2n) is 5.39. The summed E-state index contributed by atoms with van der Waals surface area (Å²) in [7, 11) is 2.18. The quantitative estimate of drug-likeness (QED) is 0.839. The van der Waals surface area contributed by atoms with Crippen LogP contribution in [0.5, 0.6) is 0 Å². The average Bonchev–Trinajstić information content (AvgIpc) is 2.60. The molecule has 4 nitrogen and oxygen atoms in total. The van der Waals surface area contributed by atoms with Crippen molar-refractivity contribution in [3.8, 4) is 0 Å². The summed E-state index contributed by atoms with van der Waals surface area (Å²) in [6.07, 6.45) is 8.01. The molecule has 0 unspecified atom stereocenters. The van der Waals surface area contributed by atoms with E-state index in [1.54, 1.807) is 0 Å². The van der Waals surface area contributed by atoms with Gasteiger partial charge in [-0.25, -0.2) is 4.68 Å². The lowest BCUT2D eigenvalue weighted by Crippen LogP contribution is -2.33. The highest BCUT2D eigenvalue weighted by Gasteiger charge is 2.23. The molecule has 2 N–H and O–H groups in total. The number of aryl methyl sites for hydroxylation is 2. The highest BCUT2D eigenvalue weighted by atomic mass is 15.4. The van der Waals surface area contributed by atoms with E-state index in [1.807, 2.05) is 11.6 Å². The number of hydrogen-bond donors (Lipinski definition) is 1. The molecule has 1 aliphatic carbocycles. The minimum atomic E-state index is 0.621. The maximum atomic E-state index is 6.20. The number of nitrogens with two attached hydrogens (primary N) is 1. The molecule has 1 aliphatic rings. The van der Waals surface area contributed by atoms with E-state index in [0.29, 0.717) is 6.04 Å². The van der Waals surface area contributed by atoms with Gasteiger partial charge >= 0.3 is 0 Å². The standard InChI is InChI=1S/C14H26N4/c1-4-18-14(13(15)11(2)16-18)17(3)12-9-7-5-6-8-10-12/h12H,4-10,15H2,1-3H3. The largest absolute Gasteiger partial charge is 0.394 e. The van der Waals surface area contributed by atoms with Crippen LogP contribution < -0.4 is 10.6 Å². The third-order valence-corrected chi connectivity index (χ3v) is 4.15. The summed E-state index contributed by atoms with van der Waals surface area (Å²) in [6.45, 7) is 4.99. The van der Waals surface area contributed by atoms with Crippen LogP contribution in [-0.4, -0.2) is 22.9 Å². The topological polar surface area (TPSA) is 47.1 Å². The SMILES string of the molecule is CCn1nc(C)c(N)c1N(C)C1CCCCCC1. The molecule has 0 spiro atoms. The van der Waals surface area contributed by atoms with Crippen molar-refractivity contribution in [1.82, 2.24) is 9.78 Å². The van der Waals surface area contributed by atoms with Crippen molar-refractivity contribution in [2.24, 2.45) is 0 Å². The fourth-order valence-electron chi connectivity index (χ4n) is 2.99. The van der Waals surface area contributed by atoms with Crippen LogP contribution in [0.15, 0.2) is 0 Å². The van der Waals surface area contributed by atoms with Crippen molar-refractivity contribution in [3.63, 3.8) is 0 Å². The van der Waals surface area contributed by atoms with E-state index < -0.39 is 0 Å². The molecular weight excluding hydrogens is 224 g/mol. The van der Waals surface area contributed by atoms with E-state index in [2.05, 4.69) is 24.0 Å². The van der Waals surface area contributed by atoms with E-state index in [9.17, 15) is 0 Å². The number of anilines is 2. The minimum absolute atomic E-state index is 0.621. The van der Waals surface area contributed by atoms with Gasteiger partial charge in [0, 0.05) is 19.6 Å². The number of aromatic nitrogens is 2. The van der Waals surface area contributed by atoms with Gasteiger partial charge < -0.3 is 10.6 Å². The van der Waals surface area contributed by atoms with E-state index in [4.69, 9.17) is 5.73 Å². The number of rotatable bonds is 3. The summed E-state index contributed by atoms with van der Waals surface area (Å²) in [5.41, 5.74) is 8.00. The fourth-order valence-corrected chi connectivity index (χ4v) is 2.99. The van der Waals surface area contributed by atoms with Crippen LogP contribution in [0.2, 0.25) is 0 Å². The van der Waals surface area contributed by atoms with Crippen LogP contribution in [-0.2, 0) is 6.54 Å². The molecule has 0 atom stereocenters. The Balaban J connectivity index is 2.23. The molecule has 0 radical (unpaired) electrons. The summed E-state index contributed by atoms with van der Waals surface area (Å²) >= 11 is 0. The molecule has 1 aromatic heterocycles. The van der Waals surface area contributed by atoms with Crippen LogP contribution in [0.1, 0.15) is 51.1 Å². The number of nitrogens with zero attached hydrogens (tertiary/aromatic N) is 3. The lowest BCUT2D eigenvalue weighted by Gasteiger charge is -2.29. The molecular formula is C14H26N4. The lowest BCUT2D eigenvalue weighted by atomic mass is 10.1. The van der Waals surface area contributed by atoms with Gasteiger partial charge in [-0.05, 0) is 26.7 Å². The molecule has 1 saturated carbocycles. The van der Waals surface area contributed by atoms with Crippen LogP contribution >= 0.6 is 0 Å². The van der Waals surface area contributed by atoms with Crippen molar-refractivity contribution in [3.05, 3.63) is 5.69 Å². The maximum Gasteiger partial charge on any atom is 0.150 e. The Bertz CT molecular complexity index is 389. The fraction of sp³-hybridized carbons (Fsp3) is 0.786. The van der Waals surface area contributed by atoms with Gasteiger partial charge in [-0.2, -0.15) is 5.10 Å². The Kier molecular flexibility index (Phi) is 4.15. The second-order valence-corrected chi connectivity index (χ2v) is 5.39. The van der Waals surface area contributed by atoms with Crippen molar-refractivity contribution < 1.29 is 0 Å². The Morgan fingerprint density at radius 3 is 2.44 bits per heavy atom. The van der Waals surface area contributed by atoms with Crippen molar-refractivity contribution in [2.75, 3.05) is 17.7 Å². The normalized spacial score (nSPS) is 17.7. The molecule has 102 valence electrons. The van der Waals surface area contributed by atoms with Gasteiger partial charge in [-0.3, -0.25) is 0 Å². The summed E-state index contributed by atoms with van der Waals surface area (Å²) < 4.78 is 2.04. The van der Waals surface area contributed by atoms with Gasteiger partial charge in [0.05, 0.1) is 11.4 Å². The monoisotopic (exact) mass is 250 g/mol. The summed E-state index contributed by atoms with van der Waals surface area (Å²) in [5, 5.41) is 4.52. The summed E-state index contributed by atoms with van der Waals surface area (Å²) in [6, 6.07) is 0.621. The molecule has 1 aromatic rings. The molecule has 0 saturated heterocycles. The van der Waals surface area contributed by atoms with Crippen LogP contribution in [0.3, 0.4) is 0 Å². The highest BCUT2D eigenvalue weighted by molar-refractivity contribution is 5.66. The average molecular weight is 250 g/mol. The van der Waals surface area contributed by atoms with Gasteiger partial charge in [0.2, 0.25) is 0 Å². The Hall–Kier alpha value is -1.19. The minimum Gasteiger partial charge on any atom is -0.394 e. The third-order valence-electron chi connectivity index (χ3n) is 4.15. The first-order valence-electron chi connectivity index (χ1n) is 7.20. The Morgan fingerprint density at radius 2 is 1.89 bits per heavy atom. The van der Waals surface area contributed by atoms with Gasteiger partial charge in [0.15, 0.2) is 5.82 Å². The molecule has 0 bridgehead atoms. The maximum absolute atomic E-state index is 6.20. The zero-order chi connectivity index (χ0) is 13.1. The van der Waals surface area contributed by atoms with E-state index >= 15 is 0 Å².